The SMILES string of the molecule is CCCCCOc1ccc([C@@H]2CC(c3ccc(O)cc3)=NN2C(C)=O)cc1OC. The molecule has 0 fully saturated rings. The van der Waals surface area contributed by atoms with Gasteiger partial charge in [-0.2, -0.15) is 5.10 Å². The second-order valence-corrected chi connectivity index (χ2v) is 7.14. The molecule has 1 atom stereocenters. The zero-order chi connectivity index (χ0) is 20.8. The fourth-order valence-corrected chi connectivity index (χ4v) is 3.43. The van der Waals surface area contributed by atoms with Crippen molar-refractivity contribution in [2.45, 2.75) is 45.6 Å². The van der Waals surface area contributed by atoms with Gasteiger partial charge in [0.1, 0.15) is 5.75 Å². The first-order valence-corrected chi connectivity index (χ1v) is 10.0. The zero-order valence-corrected chi connectivity index (χ0v) is 17.2. The first-order valence-electron chi connectivity index (χ1n) is 10.0. The minimum absolute atomic E-state index is 0.123. The average molecular weight is 396 g/mol. The van der Waals surface area contributed by atoms with Gasteiger partial charge in [0.05, 0.1) is 25.5 Å². The number of rotatable bonds is 8. The number of ether oxygens (including phenoxy) is 2. The Bertz CT molecular complexity index is 877. The quantitative estimate of drug-likeness (QED) is 0.659. The summed E-state index contributed by atoms with van der Waals surface area (Å²) in [5, 5.41) is 15.6. The molecule has 29 heavy (non-hydrogen) atoms. The summed E-state index contributed by atoms with van der Waals surface area (Å²) in [6.07, 6.45) is 3.87. The van der Waals surface area contributed by atoms with Crippen molar-refractivity contribution < 1.29 is 19.4 Å². The Hall–Kier alpha value is -3.02. The average Bonchev–Trinajstić information content (AvgIpc) is 3.17. The second kappa shape index (κ2) is 9.45. The third-order valence-corrected chi connectivity index (χ3v) is 5.01. The normalized spacial score (nSPS) is 15.9. The number of nitrogens with zero attached hydrogens (tertiary/aromatic N) is 2. The van der Waals surface area contributed by atoms with Gasteiger partial charge in [-0.1, -0.05) is 25.8 Å². The van der Waals surface area contributed by atoms with Crippen LogP contribution in [-0.4, -0.2) is 35.5 Å². The number of carbonyl (C=O) groups excluding carboxylic acids is 1. The molecule has 1 aliphatic rings. The molecule has 0 aliphatic carbocycles. The van der Waals surface area contributed by atoms with Crippen molar-refractivity contribution in [3.8, 4) is 17.2 Å². The summed E-state index contributed by atoms with van der Waals surface area (Å²) in [6, 6.07) is 12.4. The smallest absolute Gasteiger partial charge is 0.240 e. The van der Waals surface area contributed by atoms with E-state index in [0.29, 0.717) is 24.5 Å². The lowest BCUT2D eigenvalue weighted by Gasteiger charge is -2.21. The molecule has 0 spiro atoms. The van der Waals surface area contributed by atoms with E-state index >= 15 is 0 Å². The van der Waals surface area contributed by atoms with Gasteiger partial charge in [0.25, 0.3) is 0 Å². The number of aromatic hydroxyl groups is 1. The van der Waals surface area contributed by atoms with Crippen LogP contribution in [0.1, 0.15) is 56.7 Å². The van der Waals surface area contributed by atoms with Crippen molar-refractivity contribution in [3.05, 3.63) is 53.6 Å². The van der Waals surface area contributed by atoms with Crippen molar-refractivity contribution in [3.63, 3.8) is 0 Å². The molecule has 0 unspecified atom stereocenters. The van der Waals surface area contributed by atoms with Crippen molar-refractivity contribution in [2.75, 3.05) is 13.7 Å². The number of hydrogen-bond acceptors (Lipinski definition) is 5. The van der Waals surface area contributed by atoms with Crippen LogP contribution in [0.4, 0.5) is 0 Å². The van der Waals surface area contributed by atoms with Crippen molar-refractivity contribution in [2.24, 2.45) is 5.10 Å². The monoisotopic (exact) mass is 396 g/mol. The highest BCUT2D eigenvalue weighted by Gasteiger charge is 2.32. The molecule has 1 amide bonds. The highest BCUT2D eigenvalue weighted by molar-refractivity contribution is 6.03. The van der Waals surface area contributed by atoms with Gasteiger partial charge in [0.2, 0.25) is 5.91 Å². The van der Waals surface area contributed by atoms with E-state index in [0.717, 1.165) is 36.1 Å². The van der Waals surface area contributed by atoms with E-state index in [4.69, 9.17) is 9.47 Å². The highest BCUT2D eigenvalue weighted by atomic mass is 16.5. The van der Waals surface area contributed by atoms with Crippen LogP contribution in [0.5, 0.6) is 17.2 Å². The van der Waals surface area contributed by atoms with E-state index in [-0.39, 0.29) is 17.7 Å². The second-order valence-electron chi connectivity index (χ2n) is 7.14. The predicted molar refractivity (Wildman–Crippen MR) is 113 cm³/mol. The Morgan fingerprint density at radius 2 is 1.93 bits per heavy atom. The van der Waals surface area contributed by atoms with Crippen LogP contribution in [0, 0.1) is 0 Å². The zero-order valence-electron chi connectivity index (χ0n) is 17.2. The Morgan fingerprint density at radius 1 is 1.17 bits per heavy atom. The topological polar surface area (TPSA) is 71.4 Å². The van der Waals surface area contributed by atoms with E-state index in [1.807, 2.05) is 30.3 Å². The fraction of sp³-hybridized carbons (Fsp3) is 0.391. The van der Waals surface area contributed by atoms with Crippen LogP contribution in [0.3, 0.4) is 0 Å². The number of amides is 1. The molecule has 154 valence electrons. The molecule has 6 nitrogen and oxygen atoms in total. The Labute approximate surface area is 171 Å². The molecule has 1 heterocycles. The number of unbranched alkanes of at least 4 members (excludes halogenated alkanes) is 2. The molecular formula is C23H28N2O4. The van der Waals surface area contributed by atoms with Crippen LogP contribution < -0.4 is 9.47 Å². The van der Waals surface area contributed by atoms with Crippen LogP contribution in [0.15, 0.2) is 47.6 Å². The van der Waals surface area contributed by atoms with Crippen molar-refractivity contribution in [1.82, 2.24) is 5.01 Å². The van der Waals surface area contributed by atoms with Crippen LogP contribution in [-0.2, 0) is 4.79 Å². The van der Waals surface area contributed by atoms with Gasteiger partial charge in [-0.05, 0) is 53.9 Å². The van der Waals surface area contributed by atoms with Gasteiger partial charge < -0.3 is 14.6 Å². The predicted octanol–water partition coefficient (Wildman–Crippen LogP) is 4.67. The molecule has 3 rings (SSSR count). The van der Waals surface area contributed by atoms with Gasteiger partial charge in [-0.3, -0.25) is 4.79 Å². The summed E-state index contributed by atoms with van der Waals surface area (Å²) in [7, 11) is 1.62. The fourth-order valence-electron chi connectivity index (χ4n) is 3.43. The largest absolute Gasteiger partial charge is 0.508 e. The number of phenols is 1. The summed E-state index contributed by atoms with van der Waals surface area (Å²) >= 11 is 0. The maximum atomic E-state index is 12.2. The standard InChI is InChI=1S/C23H28N2O4/c1-4-5-6-13-29-22-12-9-18(14-23(22)28-3)21-15-20(24-25(21)16(2)26)17-7-10-19(27)11-8-17/h7-12,14,21,27H,4-6,13,15H2,1-3H3/t21-/m0/s1. The van der Waals surface area contributed by atoms with Gasteiger partial charge in [0, 0.05) is 13.3 Å². The molecule has 2 aromatic rings. The highest BCUT2D eigenvalue weighted by Crippen LogP contribution is 2.37. The molecule has 0 aromatic heterocycles. The third-order valence-electron chi connectivity index (χ3n) is 5.01. The number of hydrazone groups is 1. The number of benzene rings is 2. The molecule has 0 bridgehead atoms. The molecule has 0 saturated heterocycles. The van der Waals surface area contributed by atoms with E-state index in [1.165, 1.54) is 11.9 Å². The van der Waals surface area contributed by atoms with E-state index in [1.54, 1.807) is 19.2 Å². The Kier molecular flexibility index (Phi) is 6.75. The summed E-state index contributed by atoms with van der Waals surface area (Å²) in [6.45, 7) is 4.33. The Morgan fingerprint density at radius 3 is 2.59 bits per heavy atom. The molecule has 1 aliphatic heterocycles. The van der Waals surface area contributed by atoms with Crippen molar-refractivity contribution >= 4 is 11.6 Å². The molecule has 2 aromatic carbocycles. The van der Waals surface area contributed by atoms with Gasteiger partial charge >= 0.3 is 0 Å². The van der Waals surface area contributed by atoms with E-state index in [9.17, 15) is 9.90 Å². The van der Waals surface area contributed by atoms with Crippen LogP contribution >= 0.6 is 0 Å². The van der Waals surface area contributed by atoms with Crippen LogP contribution in [0.2, 0.25) is 0 Å². The van der Waals surface area contributed by atoms with Gasteiger partial charge in [-0.25, -0.2) is 5.01 Å². The molecule has 0 radical (unpaired) electrons. The summed E-state index contributed by atoms with van der Waals surface area (Å²) in [4.78, 5) is 12.2. The lowest BCUT2D eigenvalue weighted by Crippen LogP contribution is -2.24. The number of phenolic OH excluding ortho intramolecular Hbond substituents is 1. The van der Waals surface area contributed by atoms with E-state index < -0.39 is 0 Å². The molecule has 6 heteroatoms. The van der Waals surface area contributed by atoms with Gasteiger partial charge in [0.15, 0.2) is 11.5 Å². The molecular weight excluding hydrogens is 368 g/mol. The van der Waals surface area contributed by atoms with Crippen LogP contribution in [0.25, 0.3) is 0 Å². The summed E-state index contributed by atoms with van der Waals surface area (Å²) in [5.74, 6) is 1.44. The lowest BCUT2D eigenvalue weighted by atomic mass is 9.98. The molecule has 0 saturated carbocycles. The first-order chi connectivity index (χ1) is 14.0. The third kappa shape index (κ3) is 4.88. The van der Waals surface area contributed by atoms with Crippen molar-refractivity contribution in [1.29, 1.82) is 0 Å². The maximum absolute atomic E-state index is 12.2. The lowest BCUT2D eigenvalue weighted by molar-refractivity contribution is -0.130. The maximum Gasteiger partial charge on any atom is 0.240 e. The summed E-state index contributed by atoms with van der Waals surface area (Å²) in [5.41, 5.74) is 2.64. The minimum atomic E-state index is -0.209. The number of carbonyl (C=O) groups is 1. The minimum Gasteiger partial charge on any atom is -0.508 e. The first kappa shape index (κ1) is 20.7. The number of methoxy groups -OCH3 is 1. The molecule has 1 N–H and O–H groups in total. The Balaban J connectivity index is 1.81. The van der Waals surface area contributed by atoms with E-state index in [2.05, 4.69) is 12.0 Å². The summed E-state index contributed by atoms with van der Waals surface area (Å²) < 4.78 is 11.4. The van der Waals surface area contributed by atoms with Gasteiger partial charge in [-0.15, -0.1) is 0 Å². The number of hydrogen-bond donors (Lipinski definition) is 1.